The fourth-order valence-electron chi connectivity index (χ4n) is 0.733. The number of hydrogen-bond acceptors (Lipinski definition) is 1. The van der Waals surface area contributed by atoms with Crippen LogP contribution in [0.2, 0.25) is 0 Å². The molecule has 0 heterocycles. The Hall–Kier alpha value is -1.03. The predicted octanol–water partition coefficient (Wildman–Crippen LogP) is 1.89. The lowest BCUT2D eigenvalue weighted by molar-refractivity contribution is 0.338. The van der Waals surface area contributed by atoms with E-state index < -0.39 is 23.5 Å². The fourth-order valence-corrected chi connectivity index (χ4v) is 0.733. The van der Waals surface area contributed by atoms with Gasteiger partial charge in [-0.05, 0) is 6.07 Å². The molecule has 1 rings (SSSR count). The molecule has 1 aromatic rings. The molecule has 0 saturated carbocycles. The van der Waals surface area contributed by atoms with Gasteiger partial charge in [-0.25, -0.2) is 13.2 Å². The summed E-state index contributed by atoms with van der Waals surface area (Å²) in [7, 11) is 0. The molecule has 60 valence electrons. The van der Waals surface area contributed by atoms with Crippen LogP contribution in [0.25, 0.3) is 0 Å². The van der Waals surface area contributed by atoms with Crippen molar-refractivity contribution < 1.29 is 13.2 Å². The van der Waals surface area contributed by atoms with Crippen molar-refractivity contribution in [2.75, 3.05) is 0 Å². The van der Waals surface area contributed by atoms with Gasteiger partial charge in [0.25, 0.3) is 0 Å². The van der Waals surface area contributed by atoms with Crippen LogP contribution in [0.1, 0.15) is 11.9 Å². The van der Waals surface area contributed by atoms with Crippen LogP contribution in [0.5, 0.6) is 0 Å². The molecule has 1 unspecified atom stereocenters. The summed E-state index contributed by atoms with van der Waals surface area (Å²) >= 11 is 0. The van der Waals surface area contributed by atoms with E-state index in [1.807, 2.05) is 0 Å². The molecule has 0 amide bonds. The lowest BCUT2D eigenvalue weighted by Gasteiger charge is -2.02. The lowest BCUT2D eigenvalue weighted by Crippen LogP contribution is -2.06. The van der Waals surface area contributed by atoms with Gasteiger partial charge in [0.1, 0.15) is 0 Å². The van der Waals surface area contributed by atoms with Crippen LogP contribution in [0, 0.1) is 11.6 Å². The summed E-state index contributed by atoms with van der Waals surface area (Å²) < 4.78 is 37.1. The summed E-state index contributed by atoms with van der Waals surface area (Å²) in [5.74, 6) is -2.31. The lowest BCUT2D eigenvalue weighted by atomic mass is 10.2. The summed E-state index contributed by atoms with van der Waals surface area (Å²) in [6.45, 7) is 0. The zero-order valence-electron chi connectivity index (χ0n) is 5.52. The Morgan fingerprint density at radius 3 is 2.36 bits per heavy atom. The summed E-state index contributed by atoms with van der Waals surface area (Å²) in [6.07, 6.45) is -1.97. The average Bonchev–Trinajstić information content (AvgIpc) is 1.94. The molecule has 0 radical (unpaired) electrons. The first kappa shape index (κ1) is 8.07. The van der Waals surface area contributed by atoms with E-state index >= 15 is 0 Å². The van der Waals surface area contributed by atoms with Crippen LogP contribution >= 0.6 is 0 Å². The predicted molar refractivity (Wildman–Crippen MR) is 34.4 cm³/mol. The monoisotopic (exact) mass is 161 g/mol. The number of hydrogen-bond donors (Lipinski definition) is 1. The molecule has 0 aliphatic carbocycles. The van der Waals surface area contributed by atoms with Crippen LogP contribution < -0.4 is 5.73 Å². The molecule has 2 N–H and O–H groups in total. The third-order valence-electron chi connectivity index (χ3n) is 1.28. The van der Waals surface area contributed by atoms with Crippen molar-refractivity contribution in [1.29, 1.82) is 0 Å². The van der Waals surface area contributed by atoms with Crippen molar-refractivity contribution in [2.45, 2.75) is 6.30 Å². The highest BCUT2D eigenvalue weighted by atomic mass is 19.2. The van der Waals surface area contributed by atoms with E-state index in [1.165, 1.54) is 6.07 Å². The van der Waals surface area contributed by atoms with E-state index in [0.717, 1.165) is 12.1 Å². The first-order valence-electron chi connectivity index (χ1n) is 2.96. The van der Waals surface area contributed by atoms with Gasteiger partial charge in [-0.3, -0.25) is 5.73 Å². The molecule has 0 bridgehead atoms. The normalized spacial score (nSPS) is 13.1. The summed E-state index contributed by atoms with van der Waals surface area (Å²) in [5.41, 5.74) is 4.26. The average molecular weight is 161 g/mol. The minimum atomic E-state index is -1.97. The second-order valence-corrected chi connectivity index (χ2v) is 2.04. The molecule has 0 fully saturated rings. The molecule has 0 aliphatic heterocycles. The van der Waals surface area contributed by atoms with Gasteiger partial charge in [0.2, 0.25) is 0 Å². The summed E-state index contributed by atoms with van der Waals surface area (Å²) in [4.78, 5) is 0. The van der Waals surface area contributed by atoms with Crippen molar-refractivity contribution in [3.63, 3.8) is 0 Å². The number of halogens is 3. The van der Waals surface area contributed by atoms with Crippen LogP contribution in [0.15, 0.2) is 18.2 Å². The van der Waals surface area contributed by atoms with Crippen molar-refractivity contribution in [1.82, 2.24) is 0 Å². The molecule has 1 aromatic carbocycles. The van der Waals surface area contributed by atoms with Crippen LogP contribution in [-0.4, -0.2) is 0 Å². The molecular formula is C7H6F3N. The Balaban J connectivity index is 3.17. The molecule has 0 spiro atoms. The maximum atomic E-state index is 12.6. The molecule has 0 aliphatic rings. The summed E-state index contributed by atoms with van der Waals surface area (Å²) in [5, 5.41) is 0. The van der Waals surface area contributed by atoms with Gasteiger partial charge in [0.05, 0.1) is 0 Å². The molecule has 1 nitrogen and oxygen atoms in total. The molecule has 1 atom stereocenters. The molecule has 0 saturated heterocycles. The maximum absolute atomic E-state index is 12.6. The summed E-state index contributed by atoms with van der Waals surface area (Å²) in [6, 6.07) is 3.21. The Labute approximate surface area is 61.6 Å². The zero-order chi connectivity index (χ0) is 8.43. The molecule has 4 heteroatoms. The van der Waals surface area contributed by atoms with E-state index in [2.05, 4.69) is 0 Å². The Morgan fingerprint density at radius 1 is 1.27 bits per heavy atom. The van der Waals surface area contributed by atoms with Crippen LogP contribution in [0.3, 0.4) is 0 Å². The van der Waals surface area contributed by atoms with E-state index in [-0.39, 0.29) is 0 Å². The van der Waals surface area contributed by atoms with E-state index in [0.29, 0.717) is 0 Å². The largest absolute Gasteiger partial charge is 0.298 e. The van der Waals surface area contributed by atoms with Crippen molar-refractivity contribution in [3.05, 3.63) is 35.4 Å². The van der Waals surface area contributed by atoms with Gasteiger partial charge >= 0.3 is 0 Å². The first-order chi connectivity index (χ1) is 5.13. The van der Waals surface area contributed by atoms with Crippen molar-refractivity contribution in [2.24, 2.45) is 5.73 Å². The number of alkyl halides is 1. The Kier molecular flexibility index (Phi) is 2.14. The molecule has 11 heavy (non-hydrogen) atoms. The van der Waals surface area contributed by atoms with Crippen molar-refractivity contribution >= 4 is 0 Å². The molecular weight excluding hydrogens is 155 g/mol. The maximum Gasteiger partial charge on any atom is 0.177 e. The second kappa shape index (κ2) is 2.92. The number of benzene rings is 1. The van der Waals surface area contributed by atoms with Gasteiger partial charge in [-0.1, -0.05) is 12.1 Å². The van der Waals surface area contributed by atoms with Gasteiger partial charge in [-0.15, -0.1) is 0 Å². The van der Waals surface area contributed by atoms with Crippen LogP contribution in [0.4, 0.5) is 13.2 Å². The standard InChI is InChI=1S/C7H6F3N/c8-5-3-1-2-4(6(5)9)7(10)11/h1-3,7H,11H2. The minimum Gasteiger partial charge on any atom is -0.298 e. The third-order valence-corrected chi connectivity index (χ3v) is 1.28. The smallest absolute Gasteiger partial charge is 0.177 e. The SMILES string of the molecule is NC(F)c1cccc(F)c1F. The topological polar surface area (TPSA) is 26.0 Å². The molecule has 0 aromatic heterocycles. The van der Waals surface area contributed by atoms with Crippen LogP contribution in [-0.2, 0) is 0 Å². The number of nitrogens with two attached hydrogens (primary N) is 1. The zero-order valence-corrected chi connectivity index (χ0v) is 5.52. The highest BCUT2D eigenvalue weighted by molar-refractivity contribution is 5.20. The number of rotatable bonds is 1. The quantitative estimate of drug-likeness (QED) is 0.625. The van der Waals surface area contributed by atoms with E-state index in [1.54, 1.807) is 0 Å². The first-order valence-corrected chi connectivity index (χ1v) is 2.96. The minimum absolute atomic E-state index is 0.454. The fraction of sp³-hybridized carbons (Fsp3) is 0.143. The van der Waals surface area contributed by atoms with E-state index in [4.69, 9.17) is 5.73 Å². The van der Waals surface area contributed by atoms with Gasteiger partial charge in [0.15, 0.2) is 17.9 Å². The van der Waals surface area contributed by atoms with E-state index in [9.17, 15) is 13.2 Å². The Bertz CT molecular complexity index is 260. The highest BCUT2D eigenvalue weighted by Gasteiger charge is 2.12. The Morgan fingerprint density at radius 2 is 1.91 bits per heavy atom. The van der Waals surface area contributed by atoms with Crippen molar-refractivity contribution in [3.8, 4) is 0 Å². The van der Waals surface area contributed by atoms with Gasteiger partial charge in [-0.2, -0.15) is 0 Å². The van der Waals surface area contributed by atoms with Gasteiger partial charge in [0, 0.05) is 5.56 Å². The highest BCUT2D eigenvalue weighted by Crippen LogP contribution is 2.17. The van der Waals surface area contributed by atoms with Gasteiger partial charge < -0.3 is 0 Å². The second-order valence-electron chi connectivity index (χ2n) is 2.04. The third kappa shape index (κ3) is 1.51.